The minimum atomic E-state index is -0.821. The van der Waals surface area contributed by atoms with Crippen LogP contribution in [-0.2, 0) is 0 Å². The first kappa shape index (κ1) is 11.7. The van der Waals surface area contributed by atoms with Gasteiger partial charge in [-0.15, -0.1) is 0 Å². The van der Waals surface area contributed by atoms with E-state index in [1.54, 1.807) is 24.3 Å². The molecular formula is C13H7ClF2O. The Morgan fingerprint density at radius 3 is 2.24 bits per heavy atom. The Hall–Kier alpha value is -1.74. The van der Waals surface area contributed by atoms with Crippen molar-refractivity contribution in [2.75, 3.05) is 0 Å². The van der Waals surface area contributed by atoms with Crippen molar-refractivity contribution in [3.63, 3.8) is 0 Å². The van der Waals surface area contributed by atoms with E-state index in [-0.39, 0.29) is 0 Å². The van der Waals surface area contributed by atoms with Crippen molar-refractivity contribution in [1.82, 2.24) is 0 Å². The number of hydrogen-bond donors (Lipinski definition) is 0. The maximum absolute atomic E-state index is 13.3. The molecule has 17 heavy (non-hydrogen) atoms. The topological polar surface area (TPSA) is 17.1 Å². The average Bonchev–Trinajstić information content (AvgIpc) is 2.35. The molecule has 2 aromatic rings. The van der Waals surface area contributed by atoms with Gasteiger partial charge in [0.2, 0.25) is 0 Å². The van der Waals surface area contributed by atoms with Crippen LogP contribution >= 0.6 is 11.6 Å². The smallest absolute Gasteiger partial charge is 0.150 e. The van der Waals surface area contributed by atoms with Crippen LogP contribution in [0.2, 0.25) is 5.02 Å². The Morgan fingerprint density at radius 2 is 1.65 bits per heavy atom. The number of carbonyl (C=O) groups excluding carboxylic acids is 1. The molecule has 0 fully saturated rings. The predicted octanol–water partition coefficient (Wildman–Crippen LogP) is 4.10. The normalized spacial score (nSPS) is 10.3. The molecule has 0 unspecified atom stereocenters. The Labute approximate surface area is 102 Å². The van der Waals surface area contributed by atoms with Gasteiger partial charge in [-0.1, -0.05) is 29.8 Å². The van der Waals surface area contributed by atoms with Gasteiger partial charge in [-0.05, 0) is 29.3 Å². The van der Waals surface area contributed by atoms with Crippen molar-refractivity contribution in [2.45, 2.75) is 0 Å². The minimum Gasteiger partial charge on any atom is -0.298 e. The fourth-order valence-corrected chi connectivity index (χ4v) is 1.62. The number of carbonyl (C=O) groups is 1. The van der Waals surface area contributed by atoms with E-state index in [2.05, 4.69) is 0 Å². The van der Waals surface area contributed by atoms with Crippen LogP contribution in [0.3, 0.4) is 0 Å². The lowest BCUT2D eigenvalue weighted by Gasteiger charge is -2.04. The molecular weight excluding hydrogens is 246 g/mol. The zero-order chi connectivity index (χ0) is 12.4. The summed E-state index contributed by atoms with van der Waals surface area (Å²) >= 11 is 5.39. The molecule has 0 aliphatic rings. The average molecular weight is 253 g/mol. The van der Waals surface area contributed by atoms with Gasteiger partial charge in [0.05, 0.1) is 0 Å². The summed E-state index contributed by atoms with van der Waals surface area (Å²) in [4.78, 5) is 10.6. The van der Waals surface area contributed by atoms with E-state index < -0.39 is 16.7 Å². The highest BCUT2D eigenvalue weighted by atomic mass is 35.5. The molecule has 0 spiro atoms. The van der Waals surface area contributed by atoms with E-state index in [1.165, 1.54) is 0 Å². The zero-order valence-electron chi connectivity index (χ0n) is 8.58. The van der Waals surface area contributed by atoms with Gasteiger partial charge in [-0.2, -0.15) is 0 Å². The Balaban J connectivity index is 2.56. The van der Waals surface area contributed by atoms with Gasteiger partial charge in [-0.25, -0.2) is 8.78 Å². The standard InChI is InChI=1S/C13H7ClF2O/c14-13-11(15)5-10(6-12(13)16)9-3-1-2-8(4-9)7-17/h1-7H. The minimum absolute atomic E-state index is 0.341. The van der Waals surface area contributed by atoms with Crippen LogP contribution in [0.1, 0.15) is 10.4 Å². The van der Waals surface area contributed by atoms with Crippen molar-refractivity contribution >= 4 is 17.9 Å². The molecule has 4 heteroatoms. The van der Waals surface area contributed by atoms with Gasteiger partial charge in [0.25, 0.3) is 0 Å². The van der Waals surface area contributed by atoms with Gasteiger partial charge < -0.3 is 0 Å². The second-order valence-corrected chi connectivity index (χ2v) is 3.88. The Bertz CT molecular complexity index is 558. The maximum Gasteiger partial charge on any atom is 0.150 e. The monoisotopic (exact) mass is 252 g/mol. The van der Waals surface area contributed by atoms with Crippen molar-refractivity contribution in [1.29, 1.82) is 0 Å². The van der Waals surface area contributed by atoms with Gasteiger partial charge in [0.15, 0.2) is 0 Å². The van der Waals surface area contributed by atoms with E-state index in [0.29, 0.717) is 23.0 Å². The number of rotatable bonds is 2. The predicted molar refractivity (Wildman–Crippen MR) is 62.2 cm³/mol. The molecule has 0 aliphatic heterocycles. The summed E-state index contributed by atoms with van der Waals surface area (Å²) in [5.41, 5.74) is 1.34. The second kappa shape index (κ2) is 4.63. The number of benzene rings is 2. The SMILES string of the molecule is O=Cc1cccc(-c2cc(F)c(Cl)c(F)c2)c1. The third-order valence-electron chi connectivity index (χ3n) is 2.34. The second-order valence-electron chi connectivity index (χ2n) is 3.50. The van der Waals surface area contributed by atoms with Crippen molar-refractivity contribution in [3.8, 4) is 11.1 Å². The quantitative estimate of drug-likeness (QED) is 0.581. The lowest BCUT2D eigenvalue weighted by molar-refractivity contribution is 0.112. The van der Waals surface area contributed by atoms with Gasteiger partial charge in [-0.3, -0.25) is 4.79 Å². The molecule has 0 radical (unpaired) electrons. The van der Waals surface area contributed by atoms with Crippen LogP contribution in [-0.4, -0.2) is 6.29 Å². The summed E-state index contributed by atoms with van der Waals surface area (Å²) in [6.45, 7) is 0. The molecule has 0 saturated heterocycles. The van der Waals surface area contributed by atoms with Crippen LogP contribution in [0.25, 0.3) is 11.1 Å². The summed E-state index contributed by atoms with van der Waals surface area (Å²) < 4.78 is 26.5. The number of halogens is 3. The van der Waals surface area contributed by atoms with Crippen molar-refractivity contribution in [2.24, 2.45) is 0 Å². The van der Waals surface area contributed by atoms with E-state index >= 15 is 0 Å². The zero-order valence-corrected chi connectivity index (χ0v) is 9.34. The third-order valence-corrected chi connectivity index (χ3v) is 2.70. The summed E-state index contributed by atoms with van der Waals surface area (Å²) in [7, 11) is 0. The summed E-state index contributed by atoms with van der Waals surface area (Å²) in [5, 5.41) is -0.528. The maximum atomic E-state index is 13.3. The van der Waals surface area contributed by atoms with Gasteiger partial charge in [0, 0.05) is 5.56 Å². The van der Waals surface area contributed by atoms with E-state index in [4.69, 9.17) is 11.6 Å². The molecule has 0 aliphatic carbocycles. The Morgan fingerprint density at radius 1 is 1.00 bits per heavy atom. The third kappa shape index (κ3) is 2.34. The van der Waals surface area contributed by atoms with Crippen LogP contribution in [0.4, 0.5) is 8.78 Å². The van der Waals surface area contributed by atoms with Gasteiger partial charge in [0.1, 0.15) is 22.9 Å². The largest absolute Gasteiger partial charge is 0.298 e. The van der Waals surface area contributed by atoms with Gasteiger partial charge >= 0.3 is 0 Å². The Kier molecular flexibility index (Phi) is 3.20. The molecule has 0 heterocycles. The lowest BCUT2D eigenvalue weighted by atomic mass is 10.0. The summed E-state index contributed by atoms with van der Waals surface area (Å²) in [6, 6.07) is 8.73. The number of aldehydes is 1. The number of hydrogen-bond acceptors (Lipinski definition) is 1. The molecule has 2 rings (SSSR count). The van der Waals surface area contributed by atoms with Crippen LogP contribution < -0.4 is 0 Å². The van der Waals surface area contributed by atoms with E-state index in [9.17, 15) is 13.6 Å². The highest BCUT2D eigenvalue weighted by molar-refractivity contribution is 6.31. The molecule has 2 aromatic carbocycles. The molecule has 86 valence electrons. The van der Waals surface area contributed by atoms with E-state index in [1.807, 2.05) is 0 Å². The summed E-state index contributed by atoms with van der Waals surface area (Å²) in [6.07, 6.45) is 0.673. The summed E-state index contributed by atoms with van der Waals surface area (Å²) in [5.74, 6) is -1.64. The fourth-order valence-electron chi connectivity index (χ4n) is 1.51. The molecule has 0 aromatic heterocycles. The van der Waals surface area contributed by atoms with Crippen molar-refractivity contribution < 1.29 is 13.6 Å². The first-order valence-electron chi connectivity index (χ1n) is 4.82. The van der Waals surface area contributed by atoms with Crippen LogP contribution in [0.15, 0.2) is 36.4 Å². The molecule has 0 bridgehead atoms. The highest BCUT2D eigenvalue weighted by Gasteiger charge is 2.10. The molecule has 0 N–H and O–H groups in total. The first-order chi connectivity index (χ1) is 8.11. The van der Waals surface area contributed by atoms with Crippen LogP contribution in [0, 0.1) is 11.6 Å². The van der Waals surface area contributed by atoms with Crippen LogP contribution in [0.5, 0.6) is 0 Å². The first-order valence-corrected chi connectivity index (χ1v) is 5.20. The van der Waals surface area contributed by atoms with Crippen molar-refractivity contribution in [3.05, 3.63) is 58.6 Å². The highest BCUT2D eigenvalue weighted by Crippen LogP contribution is 2.27. The fraction of sp³-hybridized carbons (Fsp3) is 0. The molecule has 1 nitrogen and oxygen atoms in total. The molecule has 0 atom stereocenters. The lowest BCUT2D eigenvalue weighted by Crippen LogP contribution is -1.88. The molecule has 0 saturated carbocycles. The molecule has 0 amide bonds. The van der Waals surface area contributed by atoms with E-state index in [0.717, 1.165) is 12.1 Å².